The normalized spacial score (nSPS) is 14.7. The van der Waals surface area contributed by atoms with Crippen LogP contribution in [0.3, 0.4) is 0 Å². The van der Waals surface area contributed by atoms with Crippen LogP contribution in [0.2, 0.25) is 0 Å². The zero-order valence-corrected chi connectivity index (χ0v) is 20.6. The summed E-state index contributed by atoms with van der Waals surface area (Å²) in [7, 11) is -1.17. The Bertz CT molecular complexity index is 760. The van der Waals surface area contributed by atoms with Crippen molar-refractivity contribution >= 4 is 18.8 Å². The van der Waals surface area contributed by atoms with E-state index in [0.717, 1.165) is 11.5 Å². The molecule has 0 saturated carbocycles. The Kier molecular flexibility index (Phi) is 9.41. The van der Waals surface area contributed by atoms with Crippen LogP contribution in [0.1, 0.15) is 70.4 Å². The standard InChI is InChI=1S/C29H40OP/c1-4-7-20-31(21-8-5-2,22-9-6-3)27-23-28(25-16-12-10-13-17-25)30-29(24-27)26-18-14-11-15-19-26/h10-19,23-24,27H,4-9,20-22H2,1-3H3/q+1. The molecule has 0 spiro atoms. The molecule has 1 aliphatic rings. The van der Waals surface area contributed by atoms with Gasteiger partial charge in [-0.15, -0.1) is 0 Å². The molecule has 2 heteroatoms. The summed E-state index contributed by atoms with van der Waals surface area (Å²) in [6.45, 7) is 7.03. The molecule has 166 valence electrons. The third-order valence-electron chi connectivity index (χ3n) is 6.48. The molecule has 0 radical (unpaired) electrons. The van der Waals surface area contributed by atoms with E-state index in [-0.39, 0.29) is 0 Å². The van der Waals surface area contributed by atoms with E-state index >= 15 is 0 Å². The topological polar surface area (TPSA) is 9.23 Å². The summed E-state index contributed by atoms with van der Waals surface area (Å²) in [5.74, 6) is 2.08. The fraction of sp³-hybridized carbons (Fsp3) is 0.448. The largest absolute Gasteiger partial charge is 0.456 e. The molecule has 1 heterocycles. The maximum absolute atomic E-state index is 6.54. The van der Waals surface area contributed by atoms with Crippen LogP contribution in [0.25, 0.3) is 11.5 Å². The minimum absolute atomic E-state index is 0.510. The van der Waals surface area contributed by atoms with Crippen LogP contribution >= 0.6 is 7.26 Å². The molecular weight excluding hydrogens is 395 g/mol. The van der Waals surface area contributed by atoms with Crippen LogP contribution in [0.5, 0.6) is 0 Å². The lowest BCUT2D eigenvalue weighted by molar-refractivity contribution is 0.462. The van der Waals surface area contributed by atoms with E-state index in [9.17, 15) is 0 Å². The van der Waals surface area contributed by atoms with Gasteiger partial charge < -0.3 is 4.74 Å². The Balaban J connectivity index is 2.07. The van der Waals surface area contributed by atoms with E-state index in [4.69, 9.17) is 4.74 Å². The minimum atomic E-state index is -1.17. The van der Waals surface area contributed by atoms with Gasteiger partial charge in [-0.3, -0.25) is 0 Å². The summed E-state index contributed by atoms with van der Waals surface area (Å²) >= 11 is 0. The van der Waals surface area contributed by atoms with E-state index in [2.05, 4.69) is 93.6 Å². The summed E-state index contributed by atoms with van der Waals surface area (Å²) in [5.41, 5.74) is 2.89. The number of benzene rings is 2. The van der Waals surface area contributed by atoms with Gasteiger partial charge in [-0.2, -0.15) is 0 Å². The highest BCUT2D eigenvalue weighted by atomic mass is 31.2. The lowest BCUT2D eigenvalue weighted by Gasteiger charge is -2.35. The van der Waals surface area contributed by atoms with Crippen LogP contribution in [-0.4, -0.2) is 24.1 Å². The highest BCUT2D eigenvalue weighted by molar-refractivity contribution is 7.76. The maximum atomic E-state index is 6.54. The predicted octanol–water partition coefficient (Wildman–Crippen LogP) is 8.89. The first-order valence-electron chi connectivity index (χ1n) is 12.3. The van der Waals surface area contributed by atoms with Crippen LogP contribution in [0, 0.1) is 0 Å². The van der Waals surface area contributed by atoms with Crippen LogP contribution in [-0.2, 0) is 4.74 Å². The Morgan fingerprint density at radius 2 is 1.00 bits per heavy atom. The van der Waals surface area contributed by atoms with Crippen LogP contribution < -0.4 is 0 Å². The summed E-state index contributed by atoms with van der Waals surface area (Å²) < 4.78 is 6.54. The lowest BCUT2D eigenvalue weighted by Crippen LogP contribution is -2.22. The molecule has 0 aliphatic carbocycles. The van der Waals surface area contributed by atoms with Gasteiger partial charge in [0.2, 0.25) is 0 Å². The molecule has 0 saturated heterocycles. The number of rotatable bonds is 12. The fourth-order valence-corrected chi connectivity index (χ4v) is 9.88. The average molecular weight is 436 g/mol. The molecule has 1 nitrogen and oxygen atoms in total. The Morgan fingerprint density at radius 1 is 0.613 bits per heavy atom. The molecule has 0 N–H and O–H groups in total. The maximum Gasteiger partial charge on any atom is 0.134 e. The zero-order valence-electron chi connectivity index (χ0n) is 19.7. The van der Waals surface area contributed by atoms with Gasteiger partial charge in [-0.25, -0.2) is 0 Å². The molecule has 2 aromatic rings. The molecule has 1 aliphatic heterocycles. The van der Waals surface area contributed by atoms with Crippen LogP contribution in [0.15, 0.2) is 72.8 Å². The quantitative estimate of drug-likeness (QED) is 0.302. The smallest absolute Gasteiger partial charge is 0.134 e. The predicted molar refractivity (Wildman–Crippen MR) is 140 cm³/mol. The van der Waals surface area contributed by atoms with Crippen molar-refractivity contribution in [2.45, 2.75) is 65.0 Å². The van der Waals surface area contributed by atoms with Gasteiger partial charge in [-0.1, -0.05) is 101 Å². The monoisotopic (exact) mass is 435 g/mol. The van der Waals surface area contributed by atoms with Crippen molar-refractivity contribution in [2.75, 3.05) is 18.5 Å². The summed E-state index contributed by atoms with van der Waals surface area (Å²) in [5, 5.41) is 0. The van der Waals surface area contributed by atoms with Crippen molar-refractivity contribution in [1.29, 1.82) is 0 Å². The van der Waals surface area contributed by atoms with Crippen molar-refractivity contribution in [3.05, 3.63) is 83.9 Å². The second kappa shape index (κ2) is 12.3. The highest BCUT2D eigenvalue weighted by Gasteiger charge is 2.44. The van der Waals surface area contributed by atoms with E-state index in [0.29, 0.717) is 5.66 Å². The first-order valence-corrected chi connectivity index (χ1v) is 14.7. The molecule has 0 amide bonds. The summed E-state index contributed by atoms with van der Waals surface area (Å²) in [6.07, 6.45) is 17.1. The van der Waals surface area contributed by atoms with E-state index in [1.54, 1.807) is 0 Å². The van der Waals surface area contributed by atoms with Crippen molar-refractivity contribution in [3.8, 4) is 0 Å². The Labute approximate surface area is 191 Å². The summed E-state index contributed by atoms with van der Waals surface area (Å²) in [6, 6.07) is 21.3. The van der Waals surface area contributed by atoms with Gasteiger partial charge in [0.05, 0.1) is 18.5 Å². The molecule has 3 rings (SSSR count). The van der Waals surface area contributed by atoms with Gasteiger partial charge in [0.15, 0.2) is 0 Å². The van der Waals surface area contributed by atoms with Gasteiger partial charge in [0, 0.05) is 30.5 Å². The third kappa shape index (κ3) is 6.33. The number of unbranched alkanes of at least 4 members (excludes halogenated alkanes) is 3. The first-order chi connectivity index (χ1) is 15.2. The highest BCUT2D eigenvalue weighted by Crippen LogP contribution is 2.67. The minimum Gasteiger partial charge on any atom is -0.456 e. The molecule has 0 bridgehead atoms. The molecular formula is C29H40OP+. The van der Waals surface area contributed by atoms with E-state index in [1.165, 1.54) is 68.1 Å². The number of ether oxygens (including phenoxy) is 1. The van der Waals surface area contributed by atoms with Crippen molar-refractivity contribution in [1.82, 2.24) is 0 Å². The van der Waals surface area contributed by atoms with Gasteiger partial charge >= 0.3 is 0 Å². The average Bonchev–Trinajstić information content (AvgIpc) is 2.84. The van der Waals surface area contributed by atoms with E-state index in [1.807, 2.05) is 0 Å². The number of hydrogen-bond acceptors (Lipinski definition) is 1. The number of allylic oxidation sites excluding steroid dienone is 2. The zero-order chi connectivity index (χ0) is 21.9. The van der Waals surface area contributed by atoms with Crippen molar-refractivity contribution in [2.24, 2.45) is 0 Å². The van der Waals surface area contributed by atoms with Crippen molar-refractivity contribution < 1.29 is 4.74 Å². The molecule has 31 heavy (non-hydrogen) atoms. The second-order valence-electron chi connectivity index (χ2n) is 8.84. The summed E-state index contributed by atoms with van der Waals surface area (Å²) in [4.78, 5) is 0. The third-order valence-corrected chi connectivity index (χ3v) is 11.7. The molecule has 0 unspecified atom stereocenters. The van der Waals surface area contributed by atoms with Gasteiger partial charge in [0.25, 0.3) is 0 Å². The lowest BCUT2D eigenvalue weighted by atomic mass is 10.1. The van der Waals surface area contributed by atoms with E-state index < -0.39 is 7.26 Å². The first kappa shape index (κ1) is 23.8. The molecule has 0 atom stereocenters. The van der Waals surface area contributed by atoms with Gasteiger partial charge in [0.1, 0.15) is 17.2 Å². The Morgan fingerprint density at radius 3 is 1.35 bits per heavy atom. The SMILES string of the molecule is CCCC[P+](CCCC)(CCCC)C1C=C(c2ccccc2)OC(c2ccccc2)=C1. The molecule has 0 aromatic heterocycles. The van der Waals surface area contributed by atoms with Crippen molar-refractivity contribution in [3.63, 3.8) is 0 Å². The van der Waals surface area contributed by atoms with Crippen LogP contribution in [0.4, 0.5) is 0 Å². The molecule has 0 fully saturated rings. The Hall–Kier alpha value is -1.85. The second-order valence-corrected chi connectivity index (χ2v) is 13.2. The fourth-order valence-electron chi connectivity index (χ4n) is 4.58. The van der Waals surface area contributed by atoms with Gasteiger partial charge in [-0.05, 0) is 19.3 Å². The molecule has 2 aromatic carbocycles. The number of hydrogen-bond donors (Lipinski definition) is 0.